The van der Waals surface area contributed by atoms with Crippen molar-refractivity contribution < 1.29 is 23.8 Å². The molecule has 0 radical (unpaired) electrons. The number of allylic oxidation sites excluding steroid dienone is 2. The Morgan fingerprint density at radius 1 is 0.974 bits per heavy atom. The van der Waals surface area contributed by atoms with Gasteiger partial charge in [-0.05, 0) is 68.7 Å². The fourth-order valence-corrected chi connectivity index (χ4v) is 3.56. The van der Waals surface area contributed by atoms with Gasteiger partial charge in [-0.15, -0.1) is 6.58 Å². The predicted molar refractivity (Wildman–Crippen MR) is 149 cm³/mol. The summed E-state index contributed by atoms with van der Waals surface area (Å²) in [4.78, 5) is 28.7. The Balaban J connectivity index is 1.46. The smallest absolute Gasteiger partial charge is 0.339 e. The molecule has 1 heterocycles. The van der Waals surface area contributed by atoms with Crippen LogP contribution in [0, 0.1) is 0 Å². The normalized spacial score (nSPS) is 11.0. The molecule has 0 spiro atoms. The first-order valence-corrected chi connectivity index (χ1v) is 12.5. The van der Waals surface area contributed by atoms with Crippen molar-refractivity contribution in [2.24, 2.45) is 0 Å². The average Bonchev–Trinajstić information content (AvgIpc) is 2.90. The van der Waals surface area contributed by atoms with Crippen LogP contribution in [-0.4, -0.2) is 30.6 Å². The van der Waals surface area contributed by atoms with Crippen molar-refractivity contribution >= 4 is 17.6 Å². The lowest BCUT2D eigenvalue weighted by Gasteiger charge is -2.10. The highest BCUT2D eigenvalue weighted by atomic mass is 16.5. The first-order valence-electron chi connectivity index (χ1n) is 12.5. The Morgan fingerprint density at radius 2 is 1.71 bits per heavy atom. The van der Waals surface area contributed by atoms with Gasteiger partial charge in [0, 0.05) is 18.7 Å². The molecule has 0 atom stereocenters. The van der Waals surface area contributed by atoms with Crippen LogP contribution in [0.2, 0.25) is 0 Å². The summed E-state index contributed by atoms with van der Waals surface area (Å²) in [6.07, 6.45) is 6.83. The summed E-state index contributed by atoms with van der Waals surface area (Å²) >= 11 is 0. The molecule has 7 nitrogen and oxygen atoms in total. The molecule has 7 heteroatoms. The minimum atomic E-state index is -0.513. The number of carbonyl (C=O) groups is 2. The van der Waals surface area contributed by atoms with E-state index in [-0.39, 0.29) is 12.3 Å². The Morgan fingerprint density at radius 3 is 2.39 bits per heavy atom. The van der Waals surface area contributed by atoms with E-state index in [1.165, 1.54) is 18.3 Å². The quantitative estimate of drug-likeness (QED) is 0.197. The van der Waals surface area contributed by atoms with Gasteiger partial charge in [-0.2, -0.15) is 0 Å². The van der Waals surface area contributed by atoms with Gasteiger partial charge in [-0.3, -0.25) is 4.79 Å². The molecule has 3 rings (SSSR count). The van der Waals surface area contributed by atoms with E-state index in [9.17, 15) is 9.59 Å². The Bertz CT molecular complexity index is 1260. The van der Waals surface area contributed by atoms with Crippen molar-refractivity contribution in [1.29, 1.82) is 0 Å². The van der Waals surface area contributed by atoms with Crippen LogP contribution in [0.1, 0.15) is 49.0 Å². The number of nitrogens with one attached hydrogen (secondary N) is 1. The summed E-state index contributed by atoms with van der Waals surface area (Å²) < 4.78 is 16.4. The summed E-state index contributed by atoms with van der Waals surface area (Å²) in [5.74, 6) is 1.03. The van der Waals surface area contributed by atoms with Crippen LogP contribution in [0.15, 0.2) is 90.7 Å². The molecule has 1 N–H and O–H groups in total. The third kappa shape index (κ3) is 9.24. The van der Waals surface area contributed by atoms with Crippen molar-refractivity contribution in [2.75, 3.05) is 19.0 Å². The molecule has 0 aliphatic carbocycles. The largest absolute Gasteiger partial charge is 0.493 e. The van der Waals surface area contributed by atoms with Gasteiger partial charge in [-0.1, -0.05) is 35.4 Å². The van der Waals surface area contributed by atoms with E-state index in [4.69, 9.17) is 14.2 Å². The zero-order chi connectivity index (χ0) is 27.3. The molecule has 0 aliphatic heterocycles. The van der Waals surface area contributed by atoms with Crippen LogP contribution in [0.4, 0.5) is 5.69 Å². The second kappa shape index (κ2) is 14.4. The van der Waals surface area contributed by atoms with Crippen molar-refractivity contribution in [1.82, 2.24) is 4.98 Å². The SMILES string of the molecule is C=C(C)CCC=C(C)CCOc1ccc(Oc2ccc(CC(=O)Nc3ccccc3C(=O)OC)cn2)cc1. The number of aromatic nitrogens is 1. The monoisotopic (exact) mass is 514 g/mol. The number of methoxy groups -OCH3 is 1. The molecule has 198 valence electrons. The maximum Gasteiger partial charge on any atom is 0.339 e. The molecule has 0 saturated carbocycles. The van der Waals surface area contributed by atoms with Gasteiger partial charge in [0.2, 0.25) is 11.8 Å². The highest BCUT2D eigenvalue weighted by Gasteiger charge is 2.13. The van der Waals surface area contributed by atoms with Crippen molar-refractivity contribution in [3.05, 3.63) is 102 Å². The molecular weight excluding hydrogens is 480 g/mol. The number of para-hydroxylation sites is 1. The molecule has 0 fully saturated rings. The maximum atomic E-state index is 12.5. The Labute approximate surface area is 224 Å². The van der Waals surface area contributed by atoms with Crippen molar-refractivity contribution in [3.63, 3.8) is 0 Å². The van der Waals surface area contributed by atoms with Gasteiger partial charge in [0.05, 0.1) is 31.4 Å². The minimum Gasteiger partial charge on any atom is -0.493 e. The molecule has 38 heavy (non-hydrogen) atoms. The standard InChI is InChI=1S/C31H34N2O5/c1-22(2)8-7-9-23(3)18-19-37-25-13-15-26(16-14-25)38-30-17-12-24(21-32-30)20-29(34)33-28-11-6-5-10-27(28)31(35)36-4/h5-6,9-17,21H,1,7-8,18-20H2,2-4H3,(H,33,34). The highest BCUT2D eigenvalue weighted by molar-refractivity contribution is 6.01. The topological polar surface area (TPSA) is 86.8 Å². The number of esters is 1. The number of ether oxygens (including phenoxy) is 3. The first kappa shape index (κ1) is 28.2. The molecule has 3 aromatic rings. The molecule has 1 amide bonds. The van der Waals surface area contributed by atoms with E-state index in [0.717, 1.165) is 25.0 Å². The van der Waals surface area contributed by atoms with E-state index in [1.807, 2.05) is 31.2 Å². The van der Waals surface area contributed by atoms with E-state index in [0.29, 0.717) is 35.1 Å². The van der Waals surface area contributed by atoms with Gasteiger partial charge in [-0.25, -0.2) is 9.78 Å². The lowest BCUT2D eigenvalue weighted by Crippen LogP contribution is -2.17. The van der Waals surface area contributed by atoms with E-state index in [1.54, 1.807) is 42.6 Å². The minimum absolute atomic E-state index is 0.0946. The van der Waals surface area contributed by atoms with Crippen molar-refractivity contribution in [3.8, 4) is 17.4 Å². The average molecular weight is 515 g/mol. The zero-order valence-corrected chi connectivity index (χ0v) is 22.2. The van der Waals surface area contributed by atoms with E-state index >= 15 is 0 Å². The van der Waals surface area contributed by atoms with Gasteiger partial charge in [0.25, 0.3) is 0 Å². The number of nitrogens with zero attached hydrogens (tertiary/aromatic N) is 1. The first-order chi connectivity index (χ1) is 18.3. The van der Waals surface area contributed by atoms with Crippen LogP contribution >= 0.6 is 0 Å². The lowest BCUT2D eigenvalue weighted by atomic mass is 10.1. The highest BCUT2D eigenvalue weighted by Crippen LogP contribution is 2.23. The van der Waals surface area contributed by atoms with Crippen LogP contribution in [0.5, 0.6) is 17.4 Å². The number of anilines is 1. The molecule has 2 aromatic carbocycles. The van der Waals surface area contributed by atoms with Crippen LogP contribution in [0.25, 0.3) is 0 Å². The number of benzene rings is 2. The molecule has 1 aromatic heterocycles. The molecule has 0 aliphatic rings. The molecular formula is C31H34N2O5. The summed E-state index contributed by atoms with van der Waals surface area (Å²) in [5, 5.41) is 2.75. The second-order valence-electron chi connectivity index (χ2n) is 8.98. The predicted octanol–water partition coefficient (Wildman–Crippen LogP) is 6.91. The number of hydrogen-bond donors (Lipinski definition) is 1. The van der Waals surface area contributed by atoms with Gasteiger partial charge in [0.15, 0.2) is 0 Å². The third-order valence-corrected chi connectivity index (χ3v) is 5.64. The van der Waals surface area contributed by atoms with Crippen LogP contribution in [0.3, 0.4) is 0 Å². The lowest BCUT2D eigenvalue weighted by molar-refractivity contribution is -0.115. The van der Waals surface area contributed by atoms with E-state index < -0.39 is 5.97 Å². The number of rotatable bonds is 13. The fourth-order valence-electron chi connectivity index (χ4n) is 3.56. The van der Waals surface area contributed by atoms with Crippen LogP contribution in [-0.2, 0) is 16.0 Å². The zero-order valence-electron chi connectivity index (χ0n) is 22.2. The molecule has 0 saturated heterocycles. The maximum absolute atomic E-state index is 12.5. The van der Waals surface area contributed by atoms with Gasteiger partial charge < -0.3 is 19.5 Å². The van der Waals surface area contributed by atoms with Gasteiger partial charge >= 0.3 is 5.97 Å². The number of amides is 1. The summed E-state index contributed by atoms with van der Waals surface area (Å²) in [5.41, 5.74) is 3.90. The Kier molecular flexibility index (Phi) is 10.7. The molecule has 0 bridgehead atoms. The fraction of sp³-hybridized carbons (Fsp3) is 0.258. The van der Waals surface area contributed by atoms with Crippen molar-refractivity contribution in [2.45, 2.75) is 39.5 Å². The second-order valence-corrected chi connectivity index (χ2v) is 8.98. The number of carbonyl (C=O) groups excluding carboxylic acids is 2. The summed E-state index contributed by atoms with van der Waals surface area (Å²) in [6.45, 7) is 8.70. The van der Waals surface area contributed by atoms with E-state index in [2.05, 4.69) is 29.9 Å². The Hall–Kier alpha value is -4.39. The number of pyridine rings is 1. The van der Waals surface area contributed by atoms with Gasteiger partial charge in [0.1, 0.15) is 11.5 Å². The summed E-state index contributed by atoms with van der Waals surface area (Å²) in [7, 11) is 1.30. The third-order valence-electron chi connectivity index (χ3n) is 5.64. The summed E-state index contributed by atoms with van der Waals surface area (Å²) in [6, 6.07) is 17.5. The molecule has 0 unspecified atom stereocenters. The number of hydrogen-bond acceptors (Lipinski definition) is 6. The van der Waals surface area contributed by atoms with Crippen LogP contribution < -0.4 is 14.8 Å².